The molecule has 0 aliphatic carbocycles. The lowest BCUT2D eigenvalue weighted by Crippen LogP contribution is -2.33. The quantitative estimate of drug-likeness (QED) is 0.821. The number of hydrogen-bond donors (Lipinski definition) is 2. The summed E-state index contributed by atoms with van der Waals surface area (Å²) in [6, 6.07) is 0. The zero-order chi connectivity index (χ0) is 11.8. The summed E-state index contributed by atoms with van der Waals surface area (Å²) < 4.78 is 0. The van der Waals surface area contributed by atoms with Crippen molar-refractivity contribution < 1.29 is 5.11 Å². The minimum Gasteiger partial charge on any atom is -0.388 e. The molecule has 0 radical (unpaired) electrons. The molecule has 2 heterocycles. The molecular weight excluding hydrogens is 222 g/mol. The number of aliphatic hydroxyl groups is 1. The highest BCUT2D eigenvalue weighted by Crippen LogP contribution is 2.29. The molecule has 0 spiro atoms. The lowest BCUT2D eigenvalue weighted by Gasteiger charge is -2.20. The highest BCUT2D eigenvalue weighted by molar-refractivity contribution is 7.15. The fourth-order valence-corrected chi connectivity index (χ4v) is 3.07. The van der Waals surface area contributed by atoms with Crippen LogP contribution in [-0.4, -0.2) is 42.9 Å². The predicted molar refractivity (Wildman–Crippen MR) is 67.3 cm³/mol. The molecule has 0 amide bonds. The molecule has 1 fully saturated rings. The van der Waals surface area contributed by atoms with E-state index in [4.69, 9.17) is 0 Å². The summed E-state index contributed by atoms with van der Waals surface area (Å²) in [6.07, 6.45) is 1.55. The lowest BCUT2D eigenvalue weighted by molar-refractivity contribution is 0.0625. The van der Waals surface area contributed by atoms with Gasteiger partial charge in [-0.15, -0.1) is 11.3 Å². The average molecular weight is 241 g/mol. The van der Waals surface area contributed by atoms with Crippen LogP contribution in [-0.2, 0) is 6.42 Å². The van der Waals surface area contributed by atoms with E-state index in [1.165, 1.54) is 4.88 Å². The predicted octanol–water partition coefficient (Wildman–Crippen LogP) is 0.784. The maximum atomic E-state index is 10.3. The maximum absolute atomic E-state index is 10.3. The van der Waals surface area contributed by atoms with Gasteiger partial charge in [0.1, 0.15) is 0 Å². The monoisotopic (exact) mass is 241 g/mol. The molecule has 1 saturated heterocycles. The molecule has 1 aromatic heterocycles. The van der Waals surface area contributed by atoms with E-state index in [1.54, 1.807) is 11.3 Å². The molecule has 1 atom stereocenters. The summed E-state index contributed by atoms with van der Waals surface area (Å²) in [7, 11) is 3.99. The van der Waals surface area contributed by atoms with Gasteiger partial charge in [0.05, 0.1) is 11.3 Å². The Hall–Kier alpha value is -0.650. The standard InChI is InChI=1S/C11H19N3OS/c1-8-9(16-10(13-8)14(2)3)6-11(15)4-5-12-7-11/h12,15H,4-7H2,1-3H3. The van der Waals surface area contributed by atoms with Gasteiger partial charge >= 0.3 is 0 Å². The fourth-order valence-electron chi connectivity index (χ4n) is 1.95. The zero-order valence-electron chi connectivity index (χ0n) is 10.1. The van der Waals surface area contributed by atoms with E-state index in [1.807, 2.05) is 25.9 Å². The molecule has 1 aliphatic rings. The van der Waals surface area contributed by atoms with Gasteiger partial charge in [0.25, 0.3) is 0 Å². The van der Waals surface area contributed by atoms with E-state index in [2.05, 4.69) is 10.3 Å². The third-order valence-corrected chi connectivity index (χ3v) is 4.30. The summed E-state index contributed by atoms with van der Waals surface area (Å²) in [5, 5.41) is 14.5. The average Bonchev–Trinajstić information content (AvgIpc) is 2.75. The van der Waals surface area contributed by atoms with Crippen molar-refractivity contribution in [3.63, 3.8) is 0 Å². The third-order valence-electron chi connectivity index (χ3n) is 2.97. The maximum Gasteiger partial charge on any atom is 0.185 e. The van der Waals surface area contributed by atoms with Crippen LogP contribution in [0.3, 0.4) is 0 Å². The SMILES string of the molecule is Cc1nc(N(C)C)sc1CC1(O)CCNC1. The topological polar surface area (TPSA) is 48.4 Å². The smallest absolute Gasteiger partial charge is 0.185 e. The molecule has 1 aromatic rings. The van der Waals surface area contributed by atoms with E-state index in [0.717, 1.165) is 30.2 Å². The Labute approximate surface area is 100 Å². The second-order valence-corrected chi connectivity index (χ2v) is 5.79. The second kappa shape index (κ2) is 4.31. The van der Waals surface area contributed by atoms with E-state index < -0.39 is 5.60 Å². The van der Waals surface area contributed by atoms with E-state index in [0.29, 0.717) is 6.54 Å². The Bertz CT molecular complexity index is 369. The van der Waals surface area contributed by atoms with Crippen LogP contribution in [0.25, 0.3) is 0 Å². The molecule has 0 saturated carbocycles. The van der Waals surface area contributed by atoms with Gasteiger partial charge in [-0.1, -0.05) is 0 Å². The van der Waals surface area contributed by atoms with Gasteiger partial charge in [-0.3, -0.25) is 0 Å². The van der Waals surface area contributed by atoms with E-state index in [9.17, 15) is 5.11 Å². The molecule has 90 valence electrons. The number of β-amino-alcohol motifs (C(OH)–C–C–N with tert-alkyl or cyclic N) is 1. The van der Waals surface area contributed by atoms with Crippen LogP contribution in [0.5, 0.6) is 0 Å². The van der Waals surface area contributed by atoms with Crippen molar-refractivity contribution in [3.8, 4) is 0 Å². The Kier molecular flexibility index (Phi) is 3.19. The van der Waals surface area contributed by atoms with Crippen molar-refractivity contribution in [2.24, 2.45) is 0 Å². The normalized spacial score (nSPS) is 25.0. The molecule has 2 N–H and O–H groups in total. The van der Waals surface area contributed by atoms with Crippen LogP contribution in [0, 0.1) is 6.92 Å². The molecule has 0 bridgehead atoms. The summed E-state index contributed by atoms with van der Waals surface area (Å²) >= 11 is 1.68. The van der Waals surface area contributed by atoms with Crippen molar-refractivity contribution in [3.05, 3.63) is 10.6 Å². The number of hydrogen-bond acceptors (Lipinski definition) is 5. The molecule has 16 heavy (non-hydrogen) atoms. The Morgan fingerprint density at radius 1 is 1.56 bits per heavy atom. The van der Waals surface area contributed by atoms with Gasteiger partial charge < -0.3 is 15.3 Å². The van der Waals surface area contributed by atoms with Crippen molar-refractivity contribution in [2.45, 2.75) is 25.4 Å². The fraction of sp³-hybridized carbons (Fsp3) is 0.727. The van der Waals surface area contributed by atoms with E-state index in [-0.39, 0.29) is 0 Å². The second-order valence-electron chi connectivity index (χ2n) is 4.73. The van der Waals surface area contributed by atoms with Crippen LogP contribution in [0.4, 0.5) is 5.13 Å². The molecule has 1 aliphatic heterocycles. The van der Waals surface area contributed by atoms with Crippen LogP contribution in [0.15, 0.2) is 0 Å². The molecule has 1 unspecified atom stereocenters. The number of aryl methyl sites for hydroxylation is 1. The van der Waals surface area contributed by atoms with Crippen molar-refractivity contribution in [2.75, 3.05) is 32.1 Å². The Morgan fingerprint density at radius 3 is 2.81 bits per heavy atom. The van der Waals surface area contributed by atoms with Crippen LogP contribution in [0.1, 0.15) is 17.0 Å². The van der Waals surface area contributed by atoms with Gasteiger partial charge in [-0.2, -0.15) is 0 Å². The lowest BCUT2D eigenvalue weighted by atomic mass is 9.97. The molecule has 2 rings (SSSR count). The highest BCUT2D eigenvalue weighted by atomic mass is 32.1. The van der Waals surface area contributed by atoms with Crippen LogP contribution >= 0.6 is 11.3 Å². The molecule has 0 aromatic carbocycles. The Balaban J connectivity index is 2.14. The van der Waals surface area contributed by atoms with Gasteiger partial charge in [0.2, 0.25) is 0 Å². The van der Waals surface area contributed by atoms with Gasteiger partial charge in [-0.05, 0) is 19.9 Å². The molecular formula is C11H19N3OS. The summed E-state index contributed by atoms with van der Waals surface area (Å²) in [6.45, 7) is 3.63. The van der Waals surface area contributed by atoms with Gasteiger partial charge in [0, 0.05) is 31.9 Å². The number of nitrogens with one attached hydrogen (secondary N) is 1. The van der Waals surface area contributed by atoms with Crippen molar-refractivity contribution in [1.82, 2.24) is 10.3 Å². The first kappa shape index (κ1) is 11.8. The van der Waals surface area contributed by atoms with Crippen molar-refractivity contribution in [1.29, 1.82) is 0 Å². The first-order valence-corrected chi connectivity index (χ1v) is 6.38. The van der Waals surface area contributed by atoms with Gasteiger partial charge in [0.15, 0.2) is 5.13 Å². The van der Waals surface area contributed by atoms with Crippen LogP contribution in [0.2, 0.25) is 0 Å². The number of nitrogens with zero attached hydrogens (tertiary/aromatic N) is 2. The number of aromatic nitrogens is 1. The minimum absolute atomic E-state index is 0.569. The molecule has 5 heteroatoms. The number of anilines is 1. The number of thiazole rings is 1. The molecule has 4 nitrogen and oxygen atoms in total. The minimum atomic E-state index is -0.569. The highest BCUT2D eigenvalue weighted by Gasteiger charge is 2.32. The first-order valence-electron chi connectivity index (χ1n) is 5.57. The number of rotatable bonds is 3. The first-order chi connectivity index (χ1) is 7.50. The summed E-state index contributed by atoms with van der Waals surface area (Å²) in [5.74, 6) is 0. The van der Waals surface area contributed by atoms with Crippen LogP contribution < -0.4 is 10.2 Å². The van der Waals surface area contributed by atoms with E-state index >= 15 is 0 Å². The third kappa shape index (κ3) is 2.36. The van der Waals surface area contributed by atoms with Crippen molar-refractivity contribution >= 4 is 16.5 Å². The summed E-state index contributed by atoms with van der Waals surface area (Å²) in [4.78, 5) is 7.71. The summed E-state index contributed by atoms with van der Waals surface area (Å²) in [5.41, 5.74) is 0.481. The van der Waals surface area contributed by atoms with Gasteiger partial charge in [-0.25, -0.2) is 4.98 Å². The Morgan fingerprint density at radius 2 is 2.31 bits per heavy atom. The largest absolute Gasteiger partial charge is 0.388 e. The zero-order valence-corrected chi connectivity index (χ0v) is 10.9.